The van der Waals surface area contributed by atoms with E-state index in [1.54, 1.807) is 55.9 Å². The lowest BCUT2D eigenvalue weighted by atomic mass is 9.85. The van der Waals surface area contributed by atoms with Gasteiger partial charge in [0, 0.05) is 34.8 Å². The highest BCUT2D eigenvalue weighted by Crippen LogP contribution is 2.31. The predicted molar refractivity (Wildman–Crippen MR) is 125 cm³/mol. The van der Waals surface area contributed by atoms with Crippen LogP contribution in [0.5, 0.6) is 5.75 Å². The second kappa shape index (κ2) is 8.75. The fourth-order valence-electron chi connectivity index (χ4n) is 3.87. The number of hydrogen-bond donors (Lipinski definition) is 1. The molecule has 0 fully saturated rings. The number of aliphatic imine (C=N–C) groups is 1. The first-order valence-corrected chi connectivity index (χ1v) is 10.5. The number of nitrogens with zero attached hydrogens (tertiary/aromatic N) is 2. The van der Waals surface area contributed by atoms with E-state index in [1.807, 2.05) is 12.1 Å². The molecule has 6 nitrogen and oxygen atoms in total. The number of amides is 1. The van der Waals surface area contributed by atoms with Crippen molar-refractivity contribution in [1.29, 1.82) is 0 Å². The summed E-state index contributed by atoms with van der Waals surface area (Å²) in [5.74, 6) is 0.496. The number of hydrogen-bond acceptors (Lipinski definition) is 5. The maximum Gasteiger partial charge on any atom is 0.255 e. The number of nitrogens with one attached hydrogen (secondary N) is 1. The monoisotopic (exact) mass is 427 g/mol. The van der Waals surface area contributed by atoms with E-state index in [-0.39, 0.29) is 23.7 Å². The molecule has 6 heteroatoms. The van der Waals surface area contributed by atoms with Crippen LogP contribution in [0.15, 0.2) is 72.0 Å². The van der Waals surface area contributed by atoms with Crippen molar-refractivity contribution in [1.82, 2.24) is 4.98 Å². The van der Waals surface area contributed by atoms with Crippen LogP contribution in [0.3, 0.4) is 0 Å². The smallest absolute Gasteiger partial charge is 0.255 e. The van der Waals surface area contributed by atoms with Gasteiger partial charge in [0.25, 0.3) is 5.91 Å². The molecule has 162 valence electrons. The highest BCUT2D eigenvalue weighted by molar-refractivity contribution is 6.17. The van der Waals surface area contributed by atoms with Gasteiger partial charge in [0.05, 0.1) is 24.8 Å². The molecule has 2 heterocycles. The van der Waals surface area contributed by atoms with Crippen LogP contribution in [-0.2, 0) is 6.42 Å². The van der Waals surface area contributed by atoms with Gasteiger partial charge in [-0.15, -0.1) is 0 Å². The lowest BCUT2D eigenvalue weighted by Crippen LogP contribution is -2.30. The Bertz CT molecular complexity index is 1180. The fourth-order valence-corrected chi connectivity index (χ4v) is 3.87. The Morgan fingerprint density at radius 2 is 1.72 bits per heavy atom. The average Bonchev–Trinajstić information content (AvgIpc) is 2.79. The van der Waals surface area contributed by atoms with E-state index in [9.17, 15) is 9.59 Å². The molecule has 0 spiro atoms. The van der Waals surface area contributed by atoms with Crippen LogP contribution in [0.2, 0.25) is 0 Å². The number of carbonyl (C=O) groups excluding carboxylic acids is 2. The number of methoxy groups -OCH3 is 1. The third-order valence-corrected chi connectivity index (χ3v) is 5.42. The first-order chi connectivity index (χ1) is 15.3. The maximum absolute atomic E-state index is 13.0. The van der Waals surface area contributed by atoms with Gasteiger partial charge in [-0.05, 0) is 74.4 Å². The summed E-state index contributed by atoms with van der Waals surface area (Å²) in [6, 6.07) is 16.2. The minimum atomic E-state index is -0.266. The fraction of sp³-hybridized carbons (Fsp3) is 0.231. The molecule has 0 saturated heterocycles. The molecule has 1 aliphatic heterocycles. The number of ketones is 1. The van der Waals surface area contributed by atoms with Crippen LogP contribution in [0.4, 0.5) is 5.69 Å². The first-order valence-electron chi connectivity index (χ1n) is 10.5. The van der Waals surface area contributed by atoms with E-state index in [4.69, 9.17) is 9.73 Å². The van der Waals surface area contributed by atoms with Crippen molar-refractivity contribution in [2.45, 2.75) is 32.2 Å². The summed E-state index contributed by atoms with van der Waals surface area (Å²) in [6.07, 6.45) is 4.15. The molecule has 2 aromatic carbocycles. The Labute approximate surface area is 187 Å². The van der Waals surface area contributed by atoms with E-state index in [0.717, 1.165) is 23.4 Å². The molecule has 0 unspecified atom stereocenters. The van der Waals surface area contributed by atoms with Gasteiger partial charge in [0.15, 0.2) is 5.78 Å². The van der Waals surface area contributed by atoms with Gasteiger partial charge in [-0.1, -0.05) is 6.07 Å². The van der Waals surface area contributed by atoms with Crippen LogP contribution < -0.4 is 10.1 Å². The number of benzene rings is 2. The number of pyridine rings is 1. The molecule has 3 aromatic rings. The van der Waals surface area contributed by atoms with Crippen LogP contribution in [-0.4, -0.2) is 35.0 Å². The van der Waals surface area contributed by atoms with Crippen LogP contribution >= 0.6 is 0 Å². The molecule has 4 rings (SSSR count). The summed E-state index contributed by atoms with van der Waals surface area (Å²) in [7, 11) is 1.63. The summed E-state index contributed by atoms with van der Waals surface area (Å²) >= 11 is 0. The van der Waals surface area contributed by atoms with Gasteiger partial charge in [-0.2, -0.15) is 0 Å². The minimum absolute atomic E-state index is 0.0257. The Balaban J connectivity index is 1.50. The zero-order chi connectivity index (χ0) is 22.7. The van der Waals surface area contributed by atoms with Crippen molar-refractivity contribution >= 4 is 23.1 Å². The van der Waals surface area contributed by atoms with Gasteiger partial charge < -0.3 is 10.1 Å². The van der Waals surface area contributed by atoms with Gasteiger partial charge in [0.2, 0.25) is 0 Å². The number of carbonyl (C=O) groups is 2. The number of fused-ring (bicyclic) bond motifs is 1. The lowest BCUT2D eigenvalue weighted by molar-refractivity contribution is 0.0998. The van der Waals surface area contributed by atoms with E-state index in [0.29, 0.717) is 16.8 Å². The molecule has 0 aliphatic carbocycles. The molecule has 1 amide bonds. The lowest BCUT2D eigenvalue weighted by Gasteiger charge is -2.29. The van der Waals surface area contributed by atoms with E-state index >= 15 is 0 Å². The van der Waals surface area contributed by atoms with E-state index < -0.39 is 0 Å². The summed E-state index contributed by atoms with van der Waals surface area (Å²) in [5.41, 5.74) is 4.36. The second-order valence-electron chi connectivity index (χ2n) is 8.44. The van der Waals surface area contributed by atoms with Crippen molar-refractivity contribution in [3.05, 3.63) is 89.2 Å². The van der Waals surface area contributed by atoms with Crippen molar-refractivity contribution in [3.63, 3.8) is 0 Å². The summed E-state index contributed by atoms with van der Waals surface area (Å²) in [5, 5.41) is 2.83. The second-order valence-corrected chi connectivity index (χ2v) is 8.44. The van der Waals surface area contributed by atoms with E-state index in [2.05, 4.69) is 30.2 Å². The molecular weight excluding hydrogens is 402 g/mol. The average molecular weight is 428 g/mol. The maximum atomic E-state index is 13.0. The highest BCUT2D eigenvalue weighted by Gasteiger charge is 2.28. The quantitative estimate of drug-likeness (QED) is 0.576. The van der Waals surface area contributed by atoms with Gasteiger partial charge in [0.1, 0.15) is 5.75 Å². The van der Waals surface area contributed by atoms with Gasteiger partial charge in [-0.3, -0.25) is 19.6 Å². The Kier molecular flexibility index (Phi) is 5.86. The third-order valence-electron chi connectivity index (χ3n) is 5.42. The van der Waals surface area contributed by atoms with Crippen LogP contribution in [0.1, 0.15) is 52.1 Å². The molecular formula is C26H25N3O3. The number of anilines is 1. The van der Waals surface area contributed by atoms with Gasteiger partial charge >= 0.3 is 0 Å². The highest BCUT2D eigenvalue weighted by atomic mass is 16.5. The number of aromatic nitrogens is 1. The summed E-state index contributed by atoms with van der Waals surface area (Å²) in [6.45, 7) is 4.15. The SMILES string of the molecule is COc1ccc2c(c1)C(CC(=O)c1ccc(NC(=O)c3ccncc3)cc1)=NC(C)(C)C2. The zero-order valence-corrected chi connectivity index (χ0v) is 18.4. The molecule has 0 radical (unpaired) electrons. The van der Waals surface area contributed by atoms with Crippen molar-refractivity contribution < 1.29 is 14.3 Å². The summed E-state index contributed by atoms with van der Waals surface area (Å²) < 4.78 is 5.37. The van der Waals surface area contributed by atoms with E-state index in [1.165, 1.54) is 5.56 Å². The van der Waals surface area contributed by atoms with Crippen LogP contribution in [0.25, 0.3) is 0 Å². The normalized spacial score (nSPS) is 14.2. The Hall–Kier alpha value is -3.80. The first kappa shape index (κ1) is 21.4. The summed E-state index contributed by atoms with van der Waals surface area (Å²) in [4.78, 5) is 34.1. The molecule has 1 aliphatic rings. The Morgan fingerprint density at radius 1 is 1.00 bits per heavy atom. The third kappa shape index (κ3) is 4.75. The molecule has 32 heavy (non-hydrogen) atoms. The number of rotatable bonds is 6. The van der Waals surface area contributed by atoms with Crippen molar-refractivity contribution in [2.24, 2.45) is 4.99 Å². The van der Waals surface area contributed by atoms with Crippen LogP contribution in [0, 0.1) is 0 Å². The zero-order valence-electron chi connectivity index (χ0n) is 18.4. The molecule has 1 N–H and O–H groups in total. The number of ether oxygens (including phenoxy) is 1. The minimum Gasteiger partial charge on any atom is -0.497 e. The standard InChI is InChI=1S/C26H25N3O3/c1-26(2)16-19-6-9-21(32-3)14-22(19)23(29-26)15-24(30)17-4-7-20(8-5-17)28-25(31)18-10-12-27-13-11-18/h4-14H,15-16H2,1-3H3,(H,28,31). The van der Waals surface area contributed by atoms with Crippen molar-refractivity contribution in [2.75, 3.05) is 12.4 Å². The molecule has 0 atom stereocenters. The number of Topliss-reactive ketones (excluding diaryl/α,β-unsaturated/α-hetero) is 1. The van der Waals surface area contributed by atoms with Gasteiger partial charge in [-0.25, -0.2) is 0 Å². The largest absolute Gasteiger partial charge is 0.497 e. The predicted octanol–water partition coefficient (Wildman–Crippen LogP) is 4.74. The molecule has 0 saturated carbocycles. The van der Waals surface area contributed by atoms with Crippen molar-refractivity contribution in [3.8, 4) is 5.75 Å². The topological polar surface area (TPSA) is 80.6 Å². The Morgan fingerprint density at radius 3 is 2.41 bits per heavy atom. The molecule has 1 aromatic heterocycles. The molecule has 0 bridgehead atoms.